The number of carbonyl (C=O) groups is 1. The van der Waals surface area contributed by atoms with Crippen LogP contribution in [-0.4, -0.2) is 26.7 Å². The Hall–Kier alpha value is -1.85. The fourth-order valence-electron chi connectivity index (χ4n) is 2.84. The maximum Gasteiger partial charge on any atom is 0.229 e. The molecule has 1 aliphatic rings. The van der Waals surface area contributed by atoms with Crippen molar-refractivity contribution in [3.63, 3.8) is 0 Å². The number of amides is 1. The summed E-state index contributed by atoms with van der Waals surface area (Å²) in [4.78, 5) is 19.8. The molecule has 112 valence electrons. The number of benzene rings is 1. The Morgan fingerprint density at radius 2 is 2.18 bits per heavy atom. The summed E-state index contributed by atoms with van der Waals surface area (Å²) in [6, 6.07) is 7.93. The molecule has 1 atom stereocenters. The van der Waals surface area contributed by atoms with Gasteiger partial charge in [-0.15, -0.1) is 11.3 Å². The van der Waals surface area contributed by atoms with Gasteiger partial charge in [0, 0.05) is 29.3 Å². The molecule has 0 spiro atoms. The molecule has 0 N–H and O–H groups in total. The highest BCUT2D eigenvalue weighted by Gasteiger charge is 2.33. The van der Waals surface area contributed by atoms with Crippen molar-refractivity contribution in [3.05, 3.63) is 58.3 Å². The molecule has 22 heavy (non-hydrogen) atoms. The first-order chi connectivity index (χ1) is 10.7. The minimum atomic E-state index is 0.136. The maximum absolute atomic E-state index is 12.5. The lowest BCUT2D eigenvalue weighted by molar-refractivity contribution is -0.138. The first-order valence-electron chi connectivity index (χ1n) is 7.17. The summed E-state index contributed by atoms with van der Waals surface area (Å²) in [5.41, 5.74) is 1.98. The fraction of sp³-hybridized carbons (Fsp3) is 0.250. The van der Waals surface area contributed by atoms with E-state index in [1.54, 1.807) is 11.3 Å². The molecule has 3 heterocycles. The van der Waals surface area contributed by atoms with Crippen LogP contribution in [0.2, 0.25) is 5.02 Å². The van der Waals surface area contributed by atoms with Gasteiger partial charge in [-0.2, -0.15) is 0 Å². The summed E-state index contributed by atoms with van der Waals surface area (Å²) >= 11 is 7.50. The maximum atomic E-state index is 12.5. The lowest BCUT2D eigenvalue weighted by Crippen LogP contribution is -2.45. The SMILES string of the molecule is O=C(Cc1cn2ccsc2n1)N1CCC1c1ccc(Cl)cc1. The third-order valence-electron chi connectivity index (χ3n) is 4.07. The molecule has 0 aliphatic carbocycles. The van der Waals surface area contributed by atoms with Crippen molar-refractivity contribution in [1.82, 2.24) is 14.3 Å². The normalized spacial score (nSPS) is 17.7. The first kappa shape index (κ1) is 13.8. The highest BCUT2D eigenvalue weighted by molar-refractivity contribution is 7.15. The number of aromatic nitrogens is 2. The number of hydrogen-bond acceptors (Lipinski definition) is 3. The molecule has 1 fully saturated rings. The number of thiazole rings is 1. The highest BCUT2D eigenvalue weighted by atomic mass is 35.5. The second-order valence-electron chi connectivity index (χ2n) is 5.45. The molecule has 0 saturated carbocycles. The molecular weight excluding hydrogens is 318 g/mol. The number of hydrogen-bond donors (Lipinski definition) is 0. The number of carbonyl (C=O) groups excluding carboxylic acids is 1. The van der Waals surface area contributed by atoms with E-state index in [9.17, 15) is 4.79 Å². The van der Waals surface area contributed by atoms with E-state index >= 15 is 0 Å². The summed E-state index contributed by atoms with van der Waals surface area (Å²) in [7, 11) is 0. The van der Waals surface area contributed by atoms with Crippen molar-refractivity contribution in [1.29, 1.82) is 0 Å². The second-order valence-corrected chi connectivity index (χ2v) is 6.75. The number of likely N-dealkylation sites (tertiary alicyclic amines) is 1. The molecular formula is C16H14ClN3OS. The van der Waals surface area contributed by atoms with Crippen LogP contribution in [0.5, 0.6) is 0 Å². The van der Waals surface area contributed by atoms with Crippen LogP contribution in [-0.2, 0) is 11.2 Å². The summed E-state index contributed by atoms with van der Waals surface area (Å²) < 4.78 is 1.96. The van der Waals surface area contributed by atoms with Crippen molar-refractivity contribution in [3.8, 4) is 0 Å². The van der Waals surface area contributed by atoms with Gasteiger partial charge in [-0.3, -0.25) is 9.20 Å². The van der Waals surface area contributed by atoms with Gasteiger partial charge in [0.25, 0.3) is 0 Å². The number of fused-ring (bicyclic) bond motifs is 1. The third kappa shape index (κ3) is 2.40. The lowest BCUT2D eigenvalue weighted by Gasteiger charge is -2.41. The number of halogens is 1. The van der Waals surface area contributed by atoms with E-state index in [1.165, 1.54) is 0 Å². The zero-order valence-corrected chi connectivity index (χ0v) is 13.3. The van der Waals surface area contributed by atoms with E-state index in [1.807, 2.05) is 51.3 Å². The van der Waals surface area contributed by atoms with Gasteiger partial charge in [0.05, 0.1) is 18.2 Å². The van der Waals surface area contributed by atoms with Crippen LogP contribution in [0.4, 0.5) is 0 Å². The molecule has 4 nitrogen and oxygen atoms in total. The van der Waals surface area contributed by atoms with Crippen molar-refractivity contribution in [2.24, 2.45) is 0 Å². The van der Waals surface area contributed by atoms with Crippen molar-refractivity contribution < 1.29 is 4.79 Å². The van der Waals surface area contributed by atoms with Crippen molar-refractivity contribution in [2.45, 2.75) is 18.9 Å². The highest BCUT2D eigenvalue weighted by Crippen LogP contribution is 2.34. The Bertz CT molecular complexity index is 795. The Kier molecular flexibility index (Phi) is 3.39. The lowest BCUT2D eigenvalue weighted by atomic mass is 9.94. The largest absolute Gasteiger partial charge is 0.335 e. The molecule has 0 bridgehead atoms. The third-order valence-corrected chi connectivity index (χ3v) is 5.09. The van der Waals surface area contributed by atoms with Gasteiger partial charge in [-0.1, -0.05) is 23.7 Å². The van der Waals surface area contributed by atoms with Crippen molar-refractivity contribution in [2.75, 3.05) is 6.54 Å². The average Bonchev–Trinajstić information content (AvgIpc) is 3.00. The minimum absolute atomic E-state index is 0.136. The van der Waals surface area contributed by atoms with E-state index in [0.29, 0.717) is 6.42 Å². The Morgan fingerprint density at radius 3 is 2.86 bits per heavy atom. The molecule has 1 amide bonds. The number of rotatable bonds is 3. The molecule has 1 saturated heterocycles. The monoisotopic (exact) mass is 331 g/mol. The molecule has 4 rings (SSSR count). The van der Waals surface area contributed by atoms with Crippen LogP contribution >= 0.6 is 22.9 Å². The van der Waals surface area contributed by atoms with Gasteiger partial charge in [-0.05, 0) is 24.1 Å². The summed E-state index contributed by atoms with van der Waals surface area (Å²) in [5, 5.41) is 2.71. The quantitative estimate of drug-likeness (QED) is 0.736. The predicted molar refractivity (Wildman–Crippen MR) is 87.3 cm³/mol. The number of nitrogens with zero attached hydrogens (tertiary/aromatic N) is 3. The van der Waals surface area contributed by atoms with Gasteiger partial charge >= 0.3 is 0 Å². The van der Waals surface area contributed by atoms with Gasteiger partial charge in [0.1, 0.15) is 0 Å². The second kappa shape index (κ2) is 5.41. The minimum Gasteiger partial charge on any atom is -0.335 e. The molecule has 2 aromatic heterocycles. The van der Waals surface area contributed by atoms with Crippen LogP contribution < -0.4 is 0 Å². The van der Waals surface area contributed by atoms with Crippen LogP contribution in [0, 0.1) is 0 Å². The van der Waals surface area contributed by atoms with E-state index in [4.69, 9.17) is 11.6 Å². The van der Waals surface area contributed by atoms with E-state index in [0.717, 1.165) is 34.2 Å². The topological polar surface area (TPSA) is 37.6 Å². The number of imidazole rings is 1. The molecule has 3 aromatic rings. The zero-order valence-electron chi connectivity index (χ0n) is 11.8. The Labute approximate surface area is 137 Å². The summed E-state index contributed by atoms with van der Waals surface area (Å²) in [6.45, 7) is 0.814. The van der Waals surface area contributed by atoms with E-state index in [2.05, 4.69) is 4.98 Å². The van der Waals surface area contributed by atoms with E-state index in [-0.39, 0.29) is 11.9 Å². The standard InChI is InChI=1S/C16H14ClN3OS/c17-12-3-1-11(2-4-12)14-5-6-20(14)15(21)9-13-10-19-7-8-22-16(19)18-13/h1-4,7-8,10,14H,5-6,9H2. The molecule has 0 radical (unpaired) electrons. The summed E-state index contributed by atoms with van der Waals surface area (Å²) in [6.07, 6.45) is 5.26. The van der Waals surface area contributed by atoms with Crippen molar-refractivity contribution >= 4 is 33.8 Å². The smallest absolute Gasteiger partial charge is 0.229 e. The molecule has 1 aliphatic heterocycles. The van der Waals surface area contributed by atoms with Gasteiger partial charge in [-0.25, -0.2) is 4.98 Å². The van der Waals surface area contributed by atoms with Crippen LogP contribution in [0.25, 0.3) is 4.96 Å². The molecule has 6 heteroatoms. The first-order valence-corrected chi connectivity index (χ1v) is 8.42. The fourth-order valence-corrected chi connectivity index (χ4v) is 3.68. The van der Waals surface area contributed by atoms with Gasteiger partial charge < -0.3 is 4.90 Å². The Morgan fingerprint density at radius 1 is 1.36 bits per heavy atom. The van der Waals surface area contributed by atoms with Gasteiger partial charge in [0.2, 0.25) is 5.91 Å². The molecule has 1 unspecified atom stereocenters. The summed E-state index contributed by atoms with van der Waals surface area (Å²) in [5.74, 6) is 0.136. The zero-order chi connectivity index (χ0) is 15.1. The van der Waals surface area contributed by atoms with Crippen LogP contribution in [0.3, 0.4) is 0 Å². The van der Waals surface area contributed by atoms with Crippen LogP contribution in [0.1, 0.15) is 23.7 Å². The van der Waals surface area contributed by atoms with Crippen LogP contribution in [0.15, 0.2) is 42.0 Å². The Balaban J connectivity index is 1.48. The van der Waals surface area contributed by atoms with E-state index < -0.39 is 0 Å². The molecule has 1 aromatic carbocycles. The van der Waals surface area contributed by atoms with Gasteiger partial charge in [0.15, 0.2) is 4.96 Å². The average molecular weight is 332 g/mol. The predicted octanol–water partition coefficient (Wildman–Crippen LogP) is 3.57.